The van der Waals surface area contributed by atoms with Crippen LogP contribution in [-0.4, -0.2) is 37.5 Å². The highest BCUT2D eigenvalue weighted by Crippen LogP contribution is 2.43. The van der Waals surface area contributed by atoms with Crippen molar-refractivity contribution in [3.8, 4) is 11.5 Å². The minimum absolute atomic E-state index is 0.218. The molecule has 4 rings (SSSR count). The second-order valence-electron chi connectivity index (χ2n) is 8.52. The van der Waals surface area contributed by atoms with Gasteiger partial charge in [0.05, 0.1) is 30.2 Å². The minimum atomic E-state index is -0.608. The fourth-order valence-corrected chi connectivity index (χ4v) is 4.26. The number of primary amides is 1. The number of nitrogens with one attached hydrogen (secondary N) is 2. The zero-order valence-electron chi connectivity index (χ0n) is 21.5. The van der Waals surface area contributed by atoms with Crippen LogP contribution in [0.1, 0.15) is 31.9 Å². The van der Waals surface area contributed by atoms with Crippen LogP contribution in [-0.2, 0) is 14.4 Å². The molecule has 1 heterocycles. The van der Waals surface area contributed by atoms with Gasteiger partial charge in [-0.1, -0.05) is 30.3 Å². The Balaban J connectivity index is 1.79. The first-order valence-corrected chi connectivity index (χ1v) is 12.3. The van der Waals surface area contributed by atoms with E-state index in [1.807, 2.05) is 50.2 Å². The van der Waals surface area contributed by atoms with Crippen LogP contribution in [0.3, 0.4) is 0 Å². The maximum atomic E-state index is 13.3. The van der Waals surface area contributed by atoms with E-state index in [9.17, 15) is 14.4 Å². The summed E-state index contributed by atoms with van der Waals surface area (Å²) >= 11 is 0. The van der Waals surface area contributed by atoms with Crippen molar-refractivity contribution < 1.29 is 23.9 Å². The molecule has 196 valence electrons. The molecule has 0 spiro atoms. The first-order chi connectivity index (χ1) is 18.3. The maximum absolute atomic E-state index is 13.3. The molecule has 3 amide bonds. The van der Waals surface area contributed by atoms with Crippen molar-refractivity contribution in [1.82, 2.24) is 0 Å². The van der Waals surface area contributed by atoms with Gasteiger partial charge in [0.15, 0.2) is 11.5 Å². The second kappa shape index (κ2) is 11.5. The molecule has 0 radical (unpaired) electrons. The van der Waals surface area contributed by atoms with E-state index in [-0.39, 0.29) is 18.4 Å². The van der Waals surface area contributed by atoms with Gasteiger partial charge in [-0.25, -0.2) is 0 Å². The van der Waals surface area contributed by atoms with E-state index in [0.29, 0.717) is 58.6 Å². The van der Waals surface area contributed by atoms with Crippen LogP contribution in [0.5, 0.6) is 11.5 Å². The van der Waals surface area contributed by atoms with Gasteiger partial charge >= 0.3 is 0 Å². The summed E-state index contributed by atoms with van der Waals surface area (Å²) in [4.78, 5) is 38.1. The number of rotatable bonds is 10. The molecule has 0 aromatic heterocycles. The topological polar surface area (TPSA) is 123 Å². The van der Waals surface area contributed by atoms with Gasteiger partial charge in [0.1, 0.15) is 6.54 Å². The molecule has 4 N–H and O–H groups in total. The fourth-order valence-electron chi connectivity index (χ4n) is 4.26. The smallest absolute Gasteiger partial charge is 0.258 e. The van der Waals surface area contributed by atoms with Crippen molar-refractivity contribution >= 4 is 46.1 Å². The maximum Gasteiger partial charge on any atom is 0.258 e. The van der Waals surface area contributed by atoms with Crippen LogP contribution >= 0.6 is 0 Å². The highest BCUT2D eigenvalue weighted by atomic mass is 16.5. The normalized spacial score (nSPS) is 13.3. The molecule has 0 bridgehead atoms. The number of anilines is 3. The third-order valence-electron chi connectivity index (χ3n) is 5.88. The number of hydrogen-bond donors (Lipinski definition) is 3. The largest absolute Gasteiger partial charge is 0.490 e. The minimum Gasteiger partial charge on any atom is -0.490 e. The summed E-state index contributed by atoms with van der Waals surface area (Å²) in [5, 5.41) is 6.33. The molecule has 1 aliphatic heterocycles. The Bertz CT molecular complexity index is 1380. The van der Waals surface area contributed by atoms with E-state index in [2.05, 4.69) is 10.6 Å². The molecule has 0 saturated carbocycles. The molecule has 1 aliphatic rings. The lowest BCUT2D eigenvalue weighted by Crippen LogP contribution is -2.37. The van der Waals surface area contributed by atoms with Gasteiger partial charge in [0.2, 0.25) is 11.8 Å². The van der Waals surface area contributed by atoms with Crippen LogP contribution in [0.15, 0.2) is 66.7 Å². The molecule has 0 saturated heterocycles. The van der Waals surface area contributed by atoms with Crippen LogP contribution in [0.4, 0.5) is 17.1 Å². The third kappa shape index (κ3) is 5.62. The number of hydrogen-bond acceptors (Lipinski definition) is 6. The standard InChI is InChI=1S/C29H30N4O5/c1-4-37-24-15-22-23(16-25(24)38-5-2)32-29(36)27(22)28(19-9-7-6-8-10-19)31-20-11-13-21(14-12-20)33(18(3)34)17-26(30)35/h6-16,31H,4-5,17H2,1-3H3,(H2,30,35)(H,32,36)/b28-27-. The van der Waals surface area contributed by atoms with Crippen molar-refractivity contribution in [3.05, 3.63) is 77.9 Å². The highest BCUT2D eigenvalue weighted by Gasteiger charge is 2.30. The van der Waals surface area contributed by atoms with Crippen molar-refractivity contribution in [2.24, 2.45) is 5.73 Å². The predicted octanol–water partition coefficient (Wildman–Crippen LogP) is 4.25. The SMILES string of the molecule is CCOc1cc2c(cc1OCC)/C(=C(/Nc1ccc(N(CC(N)=O)C(C)=O)cc1)c1ccccc1)C(=O)N2. The lowest BCUT2D eigenvalue weighted by Gasteiger charge is -2.20. The summed E-state index contributed by atoms with van der Waals surface area (Å²) in [5.74, 6) is -0.0537. The lowest BCUT2D eigenvalue weighted by atomic mass is 9.99. The molecule has 0 atom stereocenters. The van der Waals surface area contributed by atoms with Crippen molar-refractivity contribution in [1.29, 1.82) is 0 Å². The quantitative estimate of drug-likeness (QED) is 0.348. The zero-order chi connectivity index (χ0) is 27.2. The molecule has 0 aliphatic carbocycles. The van der Waals surface area contributed by atoms with Crippen molar-refractivity contribution in [3.63, 3.8) is 0 Å². The Kier molecular flexibility index (Phi) is 7.96. The molecule has 3 aromatic rings. The summed E-state index contributed by atoms with van der Waals surface area (Å²) < 4.78 is 11.5. The number of nitrogens with two attached hydrogens (primary N) is 1. The number of fused-ring (bicyclic) bond motifs is 1. The average Bonchev–Trinajstić information content (AvgIpc) is 3.21. The summed E-state index contributed by atoms with van der Waals surface area (Å²) in [5.41, 5.74) is 9.69. The number of carbonyl (C=O) groups excluding carboxylic acids is 3. The van der Waals surface area contributed by atoms with Gasteiger partial charge in [0.25, 0.3) is 5.91 Å². The Hall–Kier alpha value is -4.79. The first kappa shape index (κ1) is 26.3. The molecule has 9 heteroatoms. The summed E-state index contributed by atoms with van der Waals surface area (Å²) in [7, 11) is 0. The Labute approximate surface area is 221 Å². The zero-order valence-corrected chi connectivity index (χ0v) is 21.5. The number of nitrogens with zero attached hydrogens (tertiary/aromatic N) is 1. The fraction of sp³-hybridized carbons (Fsp3) is 0.207. The predicted molar refractivity (Wildman–Crippen MR) is 148 cm³/mol. The van der Waals surface area contributed by atoms with Crippen molar-refractivity contribution in [2.45, 2.75) is 20.8 Å². The summed E-state index contributed by atoms with van der Waals surface area (Å²) in [6.45, 7) is 5.84. The highest BCUT2D eigenvalue weighted by molar-refractivity contribution is 6.37. The monoisotopic (exact) mass is 514 g/mol. The molecule has 9 nitrogen and oxygen atoms in total. The van der Waals surface area contributed by atoms with E-state index in [4.69, 9.17) is 15.2 Å². The molecule has 0 fully saturated rings. The van der Waals surface area contributed by atoms with E-state index in [0.717, 1.165) is 5.56 Å². The number of amides is 3. The first-order valence-electron chi connectivity index (χ1n) is 12.3. The second-order valence-corrected chi connectivity index (χ2v) is 8.52. The Morgan fingerprint density at radius 1 is 0.947 bits per heavy atom. The van der Waals surface area contributed by atoms with E-state index in [1.165, 1.54) is 11.8 Å². The number of carbonyl (C=O) groups is 3. The van der Waals surface area contributed by atoms with Gasteiger partial charge in [-0.15, -0.1) is 0 Å². The van der Waals surface area contributed by atoms with Crippen LogP contribution in [0, 0.1) is 0 Å². The van der Waals surface area contributed by atoms with Crippen LogP contribution < -0.4 is 30.7 Å². The molecule has 0 unspecified atom stereocenters. The molecular weight excluding hydrogens is 484 g/mol. The molecule has 3 aromatic carbocycles. The molecule has 38 heavy (non-hydrogen) atoms. The van der Waals surface area contributed by atoms with E-state index >= 15 is 0 Å². The Morgan fingerprint density at radius 3 is 2.16 bits per heavy atom. The van der Waals surface area contributed by atoms with Gasteiger partial charge in [-0.05, 0) is 49.7 Å². The number of benzene rings is 3. The molecular formula is C29H30N4O5. The summed E-state index contributed by atoms with van der Waals surface area (Å²) in [6, 6.07) is 20.1. The van der Waals surface area contributed by atoms with Crippen LogP contribution in [0.25, 0.3) is 11.3 Å². The van der Waals surface area contributed by atoms with Gasteiger partial charge in [-0.3, -0.25) is 14.4 Å². The average molecular weight is 515 g/mol. The third-order valence-corrected chi connectivity index (χ3v) is 5.88. The van der Waals surface area contributed by atoms with E-state index < -0.39 is 5.91 Å². The Morgan fingerprint density at radius 2 is 1.58 bits per heavy atom. The van der Waals surface area contributed by atoms with Crippen LogP contribution in [0.2, 0.25) is 0 Å². The van der Waals surface area contributed by atoms with E-state index in [1.54, 1.807) is 30.3 Å². The van der Waals surface area contributed by atoms with Gasteiger partial charge in [-0.2, -0.15) is 0 Å². The van der Waals surface area contributed by atoms with Gasteiger partial charge in [0, 0.05) is 29.9 Å². The number of ether oxygens (including phenoxy) is 2. The lowest BCUT2D eigenvalue weighted by molar-refractivity contribution is -0.121. The van der Waals surface area contributed by atoms with Crippen molar-refractivity contribution in [2.75, 3.05) is 35.3 Å². The summed E-state index contributed by atoms with van der Waals surface area (Å²) in [6.07, 6.45) is 0. The van der Waals surface area contributed by atoms with Gasteiger partial charge < -0.3 is 30.7 Å².